The van der Waals surface area contributed by atoms with Crippen molar-refractivity contribution in [2.24, 2.45) is 0 Å². The van der Waals surface area contributed by atoms with Crippen LogP contribution in [0, 0.1) is 0 Å². The van der Waals surface area contributed by atoms with Gasteiger partial charge in [-0.15, -0.1) is 0 Å². The van der Waals surface area contributed by atoms with Gasteiger partial charge in [0, 0.05) is 0 Å². The Hall–Kier alpha value is -1.45. The van der Waals surface area contributed by atoms with Gasteiger partial charge in [0.15, 0.2) is 0 Å². The van der Waals surface area contributed by atoms with Crippen LogP contribution in [-0.2, 0) is 6.42 Å². The van der Waals surface area contributed by atoms with E-state index in [1.54, 1.807) is 6.92 Å². The Labute approximate surface area is 124 Å². The number of rotatable bonds is 5. The van der Waals surface area contributed by atoms with Crippen molar-refractivity contribution in [3.05, 3.63) is 35.4 Å². The van der Waals surface area contributed by atoms with Gasteiger partial charge in [-0.3, -0.25) is 0 Å². The van der Waals surface area contributed by atoms with E-state index in [1.165, 1.54) is 6.07 Å². The number of alkyl halides is 9. The molecule has 1 nitrogen and oxygen atoms in total. The first-order chi connectivity index (χ1) is 10.2. The van der Waals surface area contributed by atoms with Crippen molar-refractivity contribution < 1.29 is 44.6 Å². The third-order valence-corrected chi connectivity index (χ3v) is 3.19. The second kappa shape index (κ2) is 5.88. The zero-order valence-electron chi connectivity index (χ0n) is 11.4. The number of halogens is 9. The molecule has 0 amide bonds. The summed E-state index contributed by atoms with van der Waals surface area (Å²) in [6.07, 6.45) is -10.2. The lowest BCUT2D eigenvalue weighted by Gasteiger charge is -2.36. The van der Waals surface area contributed by atoms with Crippen molar-refractivity contribution in [3.63, 3.8) is 0 Å². The van der Waals surface area contributed by atoms with Gasteiger partial charge >= 0.3 is 23.9 Å². The van der Waals surface area contributed by atoms with Crippen molar-refractivity contribution in [2.45, 2.75) is 43.4 Å². The smallest absolute Gasteiger partial charge is 0.382 e. The molecular formula is C13H11F9O. The number of aliphatic hydroxyl groups excluding tert-OH is 1. The van der Waals surface area contributed by atoms with Crippen LogP contribution in [0.3, 0.4) is 0 Å². The predicted octanol–water partition coefficient (Wildman–Crippen LogP) is 4.75. The third-order valence-electron chi connectivity index (χ3n) is 3.19. The summed E-state index contributed by atoms with van der Waals surface area (Å²) >= 11 is 0. The molecule has 132 valence electrons. The van der Waals surface area contributed by atoms with E-state index < -0.39 is 35.6 Å². The molecule has 0 bridgehead atoms. The fourth-order valence-electron chi connectivity index (χ4n) is 1.75. The Kier molecular flexibility index (Phi) is 5.01. The van der Waals surface area contributed by atoms with Gasteiger partial charge in [-0.2, -0.15) is 39.5 Å². The Bertz CT molecular complexity index is 551. The highest BCUT2D eigenvalue weighted by molar-refractivity contribution is 5.27. The van der Waals surface area contributed by atoms with Crippen LogP contribution in [-0.4, -0.2) is 29.1 Å². The highest BCUT2D eigenvalue weighted by atomic mass is 19.4. The van der Waals surface area contributed by atoms with Crippen molar-refractivity contribution >= 4 is 0 Å². The fourth-order valence-corrected chi connectivity index (χ4v) is 1.75. The van der Waals surface area contributed by atoms with Crippen molar-refractivity contribution in [1.29, 1.82) is 0 Å². The third kappa shape index (κ3) is 3.13. The zero-order valence-corrected chi connectivity index (χ0v) is 11.4. The summed E-state index contributed by atoms with van der Waals surface area (Å²) in [5.74, 6) is -19.9. The molecule has 1 aromatic carbocycles. The van der Waals surface area contributed by atoms with E-state index in [2.05, 4.69) is 0 Å². The van der Waals surface area contributed by atoms with Crippen LogP contribution in [0.5, 0.6) is 0 Å². The number of aryl methyl sites for hydroxylation is 1. The normalized spacial score (nSPS) is 15.6. The van der Waals surface area contributed by atoms with Gasteiger partial charge in [-0.1, -0.05) is 31.2 Å². The molecule has 0 fully saturated rings. The maximum Gasteiger partial charge on any atom is 0.460 e. The van der Waals surface area contributed by atoms with Crippen LogP contribution in [0.15, 0.2) is 24.3 Å². The molecular weight excluding hydrogens is 343 g/mol. The molecule has 0 radical (unpaired) electrons. The molecule has 1 N–H and O–H groups in total. The van der Waals surface area contributed by atoms with Crippen molar-refractivity contribution in [2.75, 3.05) is 0 Å². The van der Waals surface area contributed by atoms with E-state index in [9.17, 15) is 44.6 Å². The highest BCUT2D eigenvalue weighted by Gasteiger charge is 2.83. The summed E-state index contributed by atoms with van der Waals surface area (Å²) in [6, 6.07) is 3.99. The first-order valence-corrected chi connectivity index (χ1v) is 6.17. The Morgan fingerprint density at radius 2 is 1.43 bits per heavy atom. The molecule has 0 aliphatic heterocycles. The lowest BCUT2D eigenvalue weighted by molar-refractivity contribution is -0.406. The lowest BCUT2D eigenvalue weighted by atomic mass is 9.93. The molecule has 1 atom stereocenters. The summed E-state index contributed by atoms with van der Waals surface area (Å²) in [7, 11) is 0. The monoisotopic (exact) mass is 354 g/mol. The molecule has 1 unspecified atom stereocenters. The first kappa shape index (κ1) is 19.6. The molecule has 0 heterocycles. The van der Waals surface area contributed by atoms with Gasteiger partial charge in [0.2, 0.25) is 0 Å². The van der Waals surface area contributed by atoms with Gasteiger partial charge in [0.25, 0.3) is 0 Å². The number of benzene rings is 1. The summed E-state index contributed by atoms with van der Waals surface area (Å²) in [5, 5.41) is 9.30. The SMILES string of the molecule is CCc1cccc(C(O)C(F)(F)C(F)(F)C(F)(F)C(F)(F)F)c1. The maximum absolute atomic E-state index is 13.6. The number of hydrogen-bond donors (Lipinski definition) is 1. The molecule has 1 aromatic rings. The molecule has 0 saturated heterocycles. The second-order valence-electron chi connectivity index (χ2n) is 4.77. The molecule has 10 heteroatoms. The van der Waals surface area contributed by atoms with E-state index in [-0.39, 0.29) is 6.42 Å². The molecule has 0 saturated carbocycles. The van der Waals surface area contributed by atoms with Crippen LogP contribution in [0.4, 0.5) is 39.5 Å². The highest BCUT2D eigenvalue weighted by Crippen LogP contribution is 2.56. The Morgan fingerprint density at radius 3 is 1.87 bits per heavy atom. The van der Waals surface area contributed by atoms with E-state index in [0.29, 0.717) is 5.56 Å². The zero-order chi connectivity index (χ0) is 18.3. The molecule has 1 rings (SSSR count). The van der Waals surface area contributed by atoms with E-state index >= 15 is 0 Å². The van der Waals surface area contributed by atoms with Crippen molar-refractivity contribution in [1.82, 2.24) is 0 Å². The molecule has 0 aliphatic carbocycles. The largest absolute Gasteiger partial charge is 0.460 e. The standard InChI is InChI=1S/C13H11F9O/c1-2-7-4-3-5-8(6-7)9(23)10(14,15)11(16,17)12(18,19)13(20,21)22/h3-6,9,23H,2H2,1H3. The summed E-state index contributed by atoms with van der Waals surface area (Å²) in [4.78, 5) is 0. The quantitative estimate of drug-likeness (QED) is 0.757. The van der Waals surface area contributed by atoms with E-state index in [1.807, 2.05) is 0 Å². The lowest BCUT2D eigenvalue weighted by Crippen LogP contribution is -2.62. The average molecular weight is 354 g/mol. The molecule has 23 heavy (non-hydrogen) atoms. The van der Waals surface area contributed by atoms with Crippen molar-refractivity contribution in [3.8, 4) is 0 Å². The average Bonchev–Trinajstić information content (AvgIpc) is 2.44. The minimum Gasteiger partial charge on any atom is -0.382 e. The number of hydrogen-bond acceptors (Lipinski definition) is 1. The van der Waals surface area contributed by atoms with E-state index in [4.69, 9.17) is 0 Å². The van der Waals surface area contributed by atoms with Crippen LogP contribution in [0.2, 0.25) is 0 Å². The Morgan fingerprint density at radius 1 is 0.913 bits per heavy atom. The minimum absolute atomic E-state index is 0.237. The maximum atomic E-state index is 13.6. The van der Waals surface area contributed by atoms with Crippen LogP contribution < -0.4 is 0 Å². The fraction of sp³-hybridized carbons (Fsp3) is 0.538. The van der Waals surface area contributed by atoms with Gasteiger partial charge in [0.05, 0.1) is 0 Å². The minimum atomic E-state index is -7.02. The van der Waals surface area contributed by atoms with Crippen LogP contribution in [0.25, 0.3) is 0 Å². The van der Waals surface area contributed by atoms with E-state index in [0.717, 1.165) is 18.2 Å². The molecule has 0 aromatic heterocycles. The van der Waals surface area contributed by atoms with Gasteiger partial charge in [-0.05, 0) is 17.5 Å². The summed E-state index contributed by atoms with van der Waals surface area (Å²) < 4.78 is 115. The number of aliphatic hydroxyl groups is 1. The van der Waals surface area contributed by atoms with Gasteiger partial charge in [-0.25, -0.2) is 0 Å². The summed E-state index contributed by atoms with van der Waals surface area (Å²) in [5.41, 5.74) is -0.602. The molecule has 0 aliphatic rings. The summed E-state index contributed by atoms with van der Waals surface area (Å²) in [6.45, 7) is 1.55. The van der Waals surface area contributed by atoms with Crippen LogP contribution in [0.1, 0.15) is 24.2 Å². The predicted molar refractivity (Wildman–Crippen MR) is 61.7 cm³/mol. The first-order valence-electron chi connectivity index (χ1n) is 6.17. The topological polar surface area (TPSA) is 20.2 Å². The van der Waals surface area contributed by atoms with Crippen LogP contribution >= 0.6 is 0 Å². The molecule has 0 spiro atoms. The Balaban J connectivity index is 3.32. The van der Waals surface area contributed by atoms with Gasteiger partial charge < -0.3 is 5.11 Å². The second-order valence-corrected chi connectivity index (χ2v) is 4.77. The van der Waals surface area contributed by atoms with Gasteiger partial charge in [0.1, 0.15) is 6.10 Å².